The number of carbonyl (C=O) groups excluding carboxylic acids is 2. The van der Waals surface area contributed by atoms with Gasteiger partial charge in [0.25, 0.3) is 5.91 Å². The molecule has 2 rings (SSSR count). The number of hydrogen-bond donors (Lipinski definition) is 4. The van der Waals surface area contributed by atoms with Gasteiger partial charge in [0.15, 0.2) is 0 Å². The molecule has 1 aromatic carbocycles. The van der Waals surface area contributed by atoms with Gasteiger partial charge in [0.2, 0.25) is 11.9 Å². The molecule has 0 radical (unpaired) electrons. The number of unbranched alkanes of at least 4 members (excludes halogenated alkanes) is 3. The maximum Gasteiger partial charge on any atom is 0.268 e. The lowest BCUT2D eigenvalue weighted by molar-refractivity contribution is -0.119. The van der Waals surface area contributed by atoms with E-state index in [2.05, 4.69) is 38.4 Å². The first-order valence-electron chi connectivity index (χ1n) is 10.00. The molecular weight excluding hydrogens is 368 g/mol. The third kappa shape index (κ3) is 8.69. The monoisotopic (exact) mass is 398 g/mol. The molecular formula is C21H30N6O2. The molecule has 4 N–H and O–H groups in total. The molecule has 2 amide bonds. The highest BCUT2D eigenvalue weighted by atomic mass is 16.2. The van der Waals surface area contributed by atoms with Gasteiger partial charge in [-0.15, -0.1) is 0 Å². The van der Waals surface area contributed by atoms with Gasteiger partial charge in [-0.3, -0.25) is 15.0 Å². The van der Waals surface area contributed by atoms with Gasteiger partial charge in [-0.1, -0.05) is 50.5 Å². The van der Waals surface area contributed by atoms with Crippen LogP contribution in [0, 0.1) is 0 Å². The molecule has 0 saturated heterocycles. The van der Waals surface area contributed by atoms with Crippen LogP contribution in [0.15, 0.2) is 36.7 Å². The first-order valence-corrected chi connectivity index (χ1v) is 10.00. The van der Waals surface area contributed by atoms with E-state index in [4.69, 9.17) is 0 Å². The topological polar surface area (TPSA) is 108 Å². The molecule has 1 heterocycles. The predicted molar refractivity (Wildman–Crippen MR) is 113 cm³/mol. The number of benzene rings is 1. The van der Waals surface area contributed by atoms with Gasteiger partial charge in [0, 0.05) is 39.0 Å². The molecule has 0 aliphatic carbocycles. The molecule has 0 bridgehead atoms. The SMILES string of the molecule is CCCCCCNNC(=O)c1cnc(NCc2ccc(CNC(C)=O)cc2)nc1. The molecule has 0 aliphatic heterocycles. The van der Waals surface area contributed by atoms with Gasteiger partial charge in [0.05, 0.1) is 5.56 Å². The van der Waals surface area contributed by atoms with Crippen LogP contribution in [0.5, 0.6) is 0 Å². The van der Waals surface area contributed by atoms with Crippen LogP contribution >= 0.6 is 0 Å². The zero-order valence-electron chi connectivity index (χ0n) is 17.1. The van der Waals surface area contributed by atoms with Crippen LogP contribution in [0.25, 0.3) is 0 Å². The quantitative estimate of drug-likeness (QED) is 0.323. The van der Waals surface area contributed by atoms with Crippen LogP contribution < -0.4 is 21.5 Å². The van der Waals surface area contributed by atoms with E-state index in [1.54, 1.807) is 0 Å². The molecule has 1 aromatic heterocycles. The average Bonchev–Trinajstić information content (AvgIpc) is 2.74. The molecule has 0 fully saturated rings. The highest BCUT2D eigenvalue weighted by molar-refractivity contribution is 5.93. The fourth-order valence-corrected chi connectivity index (χ4v) is 2.57. The lowest BCUT2D eigenvalue weighted by atomic mass is 10.1. The van der Waals surface area contributed by atoms with Crippen LogP contribution in [0.3, 0.4) is 0 Å². The number of hydrazine groups is 1. The molecule has 29 heavy (non-hydrogen) atoms. The molecule has 0 spiro atoms. The first kappa shape index (κ1) is 22.3. The van der Waals surface area contributed by atoms with Gasteiger partial charge in [0.1, 0.15) is 0 Å². The summed E-state index contributed by atoms with van der Waals surface area (Å²) < 4.78 is 0. The third-order valence-corrected chi connectivity index (χ3v) is 4.29. The fourth-order valence-electron chi connectivity index (χ4n) is 2.57. The van der Waals surface area contributed by atoms with E-state index in [9.17, 15) is 9.59 Å². The zero-order chi connectivity index (χ0) is 20.9. The molecule has 0 aliphatic rings. The lowest BCUT2D eigenvalue weighted by Crippen LogP contribution is -2.38. The Hall–Kier alpha value is -3.00. The minimum absolute atomic E-state index is 0.0484. The van der Waals surface area contributed by atoms with Crippen LogP contribution in [-0.2, 0) is 17.9 Å². The van der Waals surface area contributed by atoms with E-state index in [1.165, 1.54) is 32.2 Å². The lowest BCUT2D eigenvalue weighted by Gasteiger charge is -2.08. The van der Waals surface area contributed by atoms with E-state index >= 15 is 0 Å². The van der Waals surface area contributed by atoms with E-state index in [0.29, 0.717) is 24.6 Å². The summed E-state index contributed by atoms with van der Waals surface area (Å²) >= 11 is 0. The maximum absolute atomic E-state index is 12.1. The first-order chi connectivity index (χ1) is 14.1. The highest BCUT2D eigenvalue weighted by Crippen LogP contribution is 2.07. The summed E-state index contributed by atoms with van der Waals surface area (Å²) in [6, 6.07) is 7.91. The molecule has 2 aromatic rings. The van der Waals surface area contributed by atoms with Crippen molar-refractivity contribution in [1.29, 1.82) is 0 Å². The number of amides is 2. The van der Waals surface area contributed by atoms with Crippen LogP contribution in [0.4, 0.5) is 5.95 Å². The van der Waals surface area contributed by atoms with E-state index in [-0.39, 0.29) is 11.8 Å². The molecule has 0 saturated carbocycles. The summed E-state index contributed by atoms with van der Waals surface area (Å²) in [5, 5.41) is 5.90. The van der Waals surface area contributed by atoms with Gasteiger partial charge in [-0.05, 0) is 17.5 Å². The molecule has 156 valence electrons. The summed E-state index contributed by atoms with van der Waals surface area (Å²) in [7, 11) is 0. The molecule has 0 unspecified atom stereocenters. The van der Waals surface area contributed by atoms with Crippen molar-refractivity contribution < 1.29 is 9.59 Å². The number of aromatic nitrogens is 2. The standard InChI is InChI=1S/C21H30N6O2/c1-3-4-5-6-11-26-27-20(29)19-14-24-21(25-15-19)23-13-18-9-7-17(8-10-18)12-22-16(2)28/h7-10,14-15,26H,3-6,11-13H2,1-2H3,(H,22,28)(H,27,29)(H,23,24,25). The second-order valence-electron chi connectivity index (χ2n) is 6.82. The van der Waals surface area contributed by atoms with Crippen molar-refractivity contribution in [3.63, 3.8) is 0 Å². The Bertz CT molecular complexity index is 762. The van der Waals surface area contributed by atoms with E-state index in [1.807, 2.05) is 24.3 Å². The van der Waals surface area contributed by atoms with Crippen molar-refractivity contribution in [2.75, 3.05) is 11.9 Å². The van der Waals surface area contributed by atoms with Crippen molar-refractivity contribution in [3.05, 3.63) is 53.3 Å². The minimum Gasteiger partial charge on any atom is -0.352 e. The van der Waals surface area contributed by atoms with Crippen molar-refractivity contribution in [2.45, 2.75) is 52.6 Å². The zero-order valence-corrected chi connectivity index (χ0v) is 17.1. The second-order valence-corrected chi connectivity index (χ2v) is 6.82. The second kappa shape index (κ2) is 12.5. The number of anilines is 1. The van der Waals surface area contributed by atoms with Crippen molar-refractivity contribution in [3.8, 4) is 0 Å². The van der Waals surface area contributed by atoms with Crippen molar-refractivity contribution >= 4 is 17.8 Å². The largest absolute Gasteiger partial charge is 0.352 e. The Balaban J connectivity index is 1.73. The summed E-state index contributed by atoms with van der Waals surface area (Å²) in [6.07, 6.45) is 7.58. The van der Waals surface area contributed by atoms with Gasteiger partial charge < -0.3 is 10.6 Å². The van der Waals surface area contributed by atoms with E-state index < -0.39 is 0 Å². The third-order valence-electron chi connectivity index (χ3n) is 4.29. The highest BCUT2D eigenvalue weighted by Gasteiger charge is 2.06. The Morgan fingerprint density at radius 3 is 2.21 bits per heavy atom. The Kier molecular flexibility index (Phi) is 9.57. The fraction of sp³-hybridized carbons (Fsp3) is 0.429. The number of rotatable bonds is 12. The number of nitrogens with zero attached hydrogens (tertiary/aromatic N) is 2. The molecule has 8 nitrogen and oxygen atoms in total. The van der Waals surface area contributed by atoms with E-state index in [0.717, 1.165) is 30.5 Å². The van der Waals surface area contributed by atoms with Gasteiger partial charge in [-0.25, -0.2) is 15.4 Å². The van der Waals surface area contributed by atoms with Crippen molar-refractivity contribution in [2.24, 2.45) is 0 Å². The Morgan fingerprint density at radius 1 is 0.931 bits per heavy atom. The summed E-state index contributed by atoms with van der Waals surface area (Å²) in [6.45, 7) is 5.49. The minimum atomic E-state index is -0.248. The van der Waals surface area contributed by atoms with Gasteiger partial charge in [-0.2, -0.15) is 0 Å². The number of carbonyl (C=O) groups is 2. The van der Waals surface area contributed by atoms with Crippen LogP contribution in [0.2, 0.25) is 0 Å². The Morgan fingerprint density at radius 2 is 1.59 bits per heavy atom. The summed E-state index contributed by atoms with van der Waals surface area (Å²) in [4.78, 5) is 31.4. The summed E-state index contributed by atoms with van der Waals surface area (Å²) in [5.41, 5.74) is 8.09. The normalized spacial score (nSPS) is 10.4. The van der Waals surface area contributed by atoms with Crippen LogP contribution in [-0.4, -0.2) is 28.3 Å². The Labute approximate surface area is 171 Å². The van der Waals surface area contributed by atoms with Gasteiger partial charge >= 0.3 is 0 Å². The predicted octanol–water partition coefficient (Wildman–Crippen LogP) is 2.54. The summed E-state index contributed by atoms with van der Waals surface area (Å²) in [5.74, 6) is 0.158. The number of nitrogens with one attached hydrogen (secondary N) is 4. The maximum atomic E-state index is 12.1. The number of hydrogen-bond acceptors (Lipinski definition) is 6. The molecule has 0 atom stereocenters. The van der Waals surface area contributed by atoms with Crippen LogP contribution in [0.1, 0.15) is 61.0 Å². The average molecular weight is 399 g/mol. The molecule has 8 heteroatoms. The van der Waals surface area contributed by atoms with Crippen molar-refractivity contribution in [1.82, 2.24) is 26.1 Å². The smallest absolute Gasteiger partial charge is 0.268 e.